The number of carbonyl (C=O) groups is 2. The number of hydrogen-bond donors (Lipinski definition) is 2. The van der Waals surface area contributed by atoms with Gasteiger partial charge in [0.15, 0.2) is 5.17 Å². The smallest absolute Gasteiger partial charge is 0.337 e. The molecule has 216 valence electrons. The fraction of sp³-hybridized carbons (Fsp3) is 0.147. The van der Waals surface area contributed by atoms with Crippen LogP contribution in [0.2, 0.25) is 0 Å². The molecule has 0 aliphatic carbocycles. The Bertz CT molecular complexity index is 1920. The Morgan fingerprint density at radius 2 is 1.79 bits per heavy atom. The molecule has 2 aromatic heterocycles. The molecule has 0 saturated carbocycles. The number of carboxylic acid groups (broad SMARTS) is 1. The molecular formula is C34H30N4O4S. The van der Waals surface area contributed by atoms with Gasteiger partial charge < -0.3 is 19.4 Å². The number of carboxylic acids is 1. The van der Waals surface area contributed by atoms with E-state index in [0.29, 0.717) is 28.7 Å². The molecule has 5 aromatic rings. The van der Waals surface area contributed by atoms with Crippen molar-refractivity contribution >= 4 is 51.5 Å². The van der Waals surface area contributed by atoms with Crippen molar-refractivity contribution < 1.29 is 19.4 Å². The number of aromatic carboxylic acids is 1. The molecule has 1 fully saturated rings. The van der Waals surface area contributed by atoms with Gasteiger partial charge in [-0.05, 0) is 97.8 Å². The molecule has 2 N–H and O–H groups in total. The van der Waals surface area contributed by atoms with E-state index in [1.165, 1.54) is 11.8 Å². The molecule has 0 bridgehead atoms. The number of ether oxygens (including phenoxy) is 1. The van der Waals surface area contributed by atoms with Crippen molar-refractivity contribution in [2.45, 2.75) is 20.3 Å². The van der Waals surface area contributed by atoms with E-state index in [4.69, 9.17) is 9.73 Å². The van der Waals surface area contributed by atoms with Gasteiger partial charge in [-0.3, -0.25) is 9.69 Å². The lowest BCUT2D eigenvalue weighted by Crippen LogP contribution is -2.31. The molecule has 1 aliphatic rings. The minimum Gasteiger partial charge on any atom is -0.497 e. The summed E-state index contributed by atoms with van der Waals surface area (Å²) in [5.41, 5.74) is 6.28. The number of aliphatic imine (C=N–C) groups is 1. The van der Waals surface area contributed by atoms with Crippen molar-refractivity contribution in [2.24, 2.45) is 4.99 Å². The third kappa shape index (κ3) is 5.47. The molecule has 0 unspecified atom stereocenters. The van der Waals surface area contributed by atoms with Crippen LogP contribution in [0.4, 0.5) is 5.69 Å². The standard InChI is InChI=1S/C34H30N4O4S/c1-21-18-24(22(2)38(21)30-11-7-5-9-28(30)33(40)41)19-31-32(39)37(17-16-23-20-35-29-10-6-4-8-27(23)29)34(43-31)36-25-12-14-26(42-3)15-13-25/h4-15,18-20,35H,16-17H2,1-3H3,(H,40,41)/b31-19-,36-34?. The lowest BCUT2D eigenvalue weighted by molar-refractivity contribution is -0.122. The molecule has 1 saturated heterocycles. The van der Waals surface area contributed by atoms with Crippen LogP contribution in [-0.2, 0) is 11.2 Å². The fourth-order valence-electron chi connectivity index (χ4n) is 5.42. The monoisotopic (exact) mass is 590 g/mol. The molecular weight excluding hydrogens is 560 g/mol. The first kappa shape index (κ1) is 28.1. The van der Waals surface area contributed by atoms with Gasteiger partial charge >= 0.3 is 5.97 Å². The molecule has 8 nitrogen and oxygen atoms in total. The molecule has 3 aromatic carbocycles. The number of nitrogens with zero attached hydrogens (tertiary/aromatic N) is 3. The third-order valence-corrected chi connectivity index (χ3v) is 8.60. The van der Waals surface area contributed by atoms with Gasteiger partial charge in [0.2, 0.25) is 0 Å². The molecule has 3 heterocycles. The highest BCUT2D eigenvalue weighted by atomic mass is 32.2. The first-order chi connectivity index (χ1) is 20.8. The fourth-order valence-corrected chi connectivity index (χ4v) is 6.44. The summed E-state index contributed by atoms with van der Waals surface area (Å²) >= 11 is 1.34. The predicted molar refractivity (Wildman–Crippen MR) is 172 cm³/mol. The van der Waals surface area contributed by atoms with E-state index in [2.05, 4.69) is 11.1 Å². The minimum absolute atomic E-state index is 0.118. The van der Waals surface area contributed by atoms with Crippen molar-refractivity contribution in [1.29, 1.82) is 0 Å². The first-order valence-corrected chi connectivity index (χ1v) is 14.7. The maximum absolute atomic E-state index is 13.9. The number of aromatic amines is 1. The number of amides is 1. The third-order valence-electron chi connectivity index (χ3n) is 7.60. The molecule has 9 heteroatoms. The number of carbonyl (C=O) groups excluding carboxylic acids is 1. The van der Waals surface area contributed by atoms with Crippen molar-refractivity contribution in [1.82, 2.24) is 14.5 Å². The Kier molecular flexibility index (Phi) is 7.65. The van der Waals surface area contributed by atoms with E-state index >= 15 is 0 Å². The molecule has 43 heavy (non-hydrogen) atoms. The highest BCUT2D eigenvalue weighted by Gasteiger charge is 2.34. The van der Waals surface area contributed by atoms with Gasteiger partial charge in [0.1, 0.15) is 5.75 Å². The van der Waals surface area contributed by atoms with Crippen LogP contribution >= 0.6 is 11.8 Å². The second kappa shape index (κ2) is 11.7. The minimum atomic E-state index is -0.991. The Morgan fingerprint density at radius 1 is 1.05 bits per heavy atom. The quantitative estimate of drug-likeness (QED) is 0.187. The van der Waals surface area contributed by atoms with E-state index in [9.17, 15) is 14.7 Å². The van der Waals surface area contributed by atoms with Gasteiger partial charge in [-0.1, -0.05) is 30.3 Å². The predicted octanol–water partition coefficient (Wildman–Crippen LogP) is 7.13. The van der Waals surface area contributed by atoms with Gasteiger partial charge in [0.25, 0.3) is 5.91 Å². The molecule has 0 radical (unpaired) electrons. The number of thioether (sulfide) groups is 1. The molecule has 1 aliphatic heterocycles. The number of aromatic nitrogens is 2. The van der Waals surface area contributed by atoms with Gasteiger partial charge in [-0.2, -0.15) is 0 Å². The number of rotatable bonds is 8. The average Bonchev–Trinajstić information content (AvgIpc) is 3.65. The molecule has 1 amide bonds. The van der Waals surface area contributed by atoms with Crippen LogP contribution in [-0.4, -0.2) is 50.3 Å². The van der Waals surface area contributed by atoms with Crippen LogP contribution in [0.25, 0.3) is 22.7 Å². The summed E-state index contributed by atoms with van der Waals surface area (Å²) in [7, 11) is 1.62. The van der Waals surface area contributed by atoms with Crippen LogP contribution in [0, 0.1) is 13.8 Å². The summed E-state index contributed by atoms with van der Waals surface area (Å²) in [6.07, 6.45) is 4.54. The van der Waals surface area contributed by atoms with Crippen molar-refractivity contribution in [3.63, 3.8) is 0 Å². The molecule has 0 spiro atoms. The number of benzene rings is 3. The van der Waals surface area contributed by atoms with E-state index in [1.54, 1.807) is 30.2 Å². The summed E-state index contributed by atoms with van der Waals surface area (Å²) in [6.45, 7) is 4.33. The largest absolute Gasteiger partial charge is 0.497 e. The van der Waals surface area contributed by atoms with E-state index < -0.39 is 5.97 Å². The van der Waals surface area contributed by atoms with Crippen LogP contribution in [0.15, 0.2) is 95.0 Å². The zero-order valence-corrected chi connectivity index (χ0v) is 24.8. The number of para-hydroxylation sites is 2. The Balaban J connectivity index is 1.35. The normalized spacial score (nSPS) is 15.2. The van der Waals surface area contributed by atoms with Gasteiger partial charge in [0, 0.05) is 35.0 Å². The van der Waals surface area contributed by atoms with Crippen molar-refractivity contribution in [3.8, 4) is 11.4 Å². The lowest BCUT2D eigenvalue weighted by atomic mass is 10.1. The van der Waals surface area contributed by atoms with Crippen LogP contribution in [0.3, 0.4) is 0 Å². The summed E-state index contributed by atoms with van der Waals surface area (Å²) in [6, 6.07) is 24.5. The number of H-pyrrole nitrogens is 1. The highest BCUT2D eigenvalue weighted by Crippen LogP contribution is 2.36. The van der Waals surface area contributed by atoms with Crippen LogP contribution in [0.5, 0.6) is 5.75 Å². The molecule has 0 atom stereocenters. The summed E-state index contributed by atoms with van der Waals surface area (Å²) in [5, 5.41) is 11.5. The first-order valence-electron chi connectivity index (χ1n) is 13.8. The van der Waals surface area contributed by atoms with Gasteiger partial charge in [-0.25, -0.2) is 9.79 Å². The zero-order chi connectivity index (χ0) is 30.1. The topological polar surface area (TPSA) is 99.9 Å². The second-order valence-corrected chi connectivity index (χ2v) is 11.3. The summed E-state index contributed by atoms with van der Waals surface area (Å²) in [5.74, 6) is -0.377. The number of nitrogens with one attached hydrogen (secondary N) is 1. The van der Waals surface area contributed by atoms with Crippen molar-refractivity contribution in [2.75, 3.05) is 13.7 Å². The maximum atomic E-state index is 13.9. The Hall–Kier alpha value is -5.02. The zero-order valence-electron chi connectivity index (χ0n) is 24.0. The average molecular weight is 591 g/mol. The Labute approximate surface area is 253 Å². The SMILES string of the molecule is COc1ccc(N=C2S/C(=C\c3cc(C)n(-c4ccccc4C(=O)O)c3C)C(=O)N2CCc2c[nH]c3ccccc23)cc1. The number of hydrogen-bond acceptors (Lipinski definition) is 5. The van der Waals surface area contributed by atoms with Crippen LogP contribution < -0.4 is 4.74 Å². The van der Waals surface area contributed by atoms with Gasteiger partial charge in [0.05, 0.1) is 29.0 Å². The molecule has 6 rings (SSSR count). The highest BCUT2D eigenvalue weighted by molar-refractivity contribution is 8.18. The summed E-state index contributed by atoms with van der Waals surface area (Å²) < 4.78 is 7.20. The second-order valence-electron chi connectivity index (χ2n) is 10.3. The van der Waals surface area contributed by atoms with E-state index in [1.807, 2.05) is 85.3 Å². The van der Waals surface area contributed by atoms with E-state index in [0.717, 1.165) is 44.9 Å². The number of methoxy groups -OCH3 is 1. The lowest BCUT2D eigenvalue weighted by Gasteiger charge is -2.15. The summed E-state index contributed by atoms with van der Waals surface area (Å²) in [4.78, 5) is 36.3. The van der Waals surface area contributed by atoms with Crippen molar-refractivity contribution in [3.05, 3.63) is 118 Å². The van der Waals surface area contributed by atoms with Crippen LogP contribution in [0.1, 0.15) is 32.9 Å². The number of aryl methyl sites for hydroxylation is 1. The van der Waals surface area contributed by atoms with E-state index in [-0.39, 0.29) is 11.5 Å². The Morgan fingerprint density at radius 3 is 2.56 bits per heavy atom. The number of fused-ring (bicyclic) bond motifs is 1. The number of amidine groups is 1. The maximum Gasteiger partial charge on any atom is 0.337 e. The van der Waals surface area contributed by atoms with Gasteiger partial charge in [-0.15, -0.1) is 0 Å².